The average Bonchev–Trinajstić information content (AvgIpc) is 2.99. The van der Waals surface area contributed by atoms with Gasteiger partial charge in [0.15, 0.2) is 0 Å². The fourth-order valence-corrected chi connectivity index (χ4v) is 6.53. The number of carbonyl (C=O) groups excluding carboxylic acids is 1. The first-order valence-corrected chi connectivity index (χ1v) is 13.4. The van der Waals surface area contributed by atoms with Gasteiger partial charge < -0.3 is 5.21 Å². The number of rotatable bonds is 3. The fourth-order valence-electron chi connectivity index (χ4n) is 5.42. The standard InChI is InChI=1S/C26H24Br2ClN3O2/c27-19-14-18-1-2-21-20(3-4-22(29)25(21)28)24(26(18)31-15-19)17-7-11-32(34,12-8-17)23(33)13-16-5-9-30-10-6-16/h3-6,9-10,14-15,17,24H,1-2,7-8,11-13H2. The molecule has 1 fully saturated rings. The van der Waals surface area contributed by atoms with Gasteiger partial charge in [0.2, 0.25) is 0 Å². The van der Waals surface area contributed by atoms with Crippen LogP contribution in [-0.4, -0.2) is 33.6 Å². The first-order valence-electron chi connectivity index (χ1n) is 11.5. The zero-order chi connectivity index (χ0) is 23.9. The number of nitrogens with zero attached hydrogens (tertiary/aromatic N) is 3. The minimum Gasteiger partial charge on any atom is -0.625 e. The van der Waals surface area contributed by atoms with E-state index in [1.54, 1.807) is 24.5 Å². The van der Waals surface area contributed by atoms with Crippen molar-refractivity contribution in [3.63, 3.8) is 0 Å². The van der Waals surface area contributed by atoms with Crippen LogP contribution in [0.2, 0.25) is 5.02 Å². The lowest BCUT2D eigenvalue weighted by molar-refractivity contribution is -0.811. The number of aromatic nitrogens is 2. The van der Waals surface area contributed by atoms with Crippen LogP contribution < -0.4 is 0 Å². The number of aryl methyl sites for hydroxylation is 1. The molecule has 2 aliphatic rings. The van der Waals surface area contributed by atoms with Crippen molar-refractivity contribution >= 4 is 49.4 Å². The Bertz CT molecular complexity index is 1230. The number of pyridine rings is 2. The first kappa shape index (κ1) is 24.1. The number of halogens is 3. The van der Waals surface area contributed by atoms with Crippen molar-refractivity contribution in [2.45, 2.75) is 38.0 Å². The molecular weight excluding hydrogens is 582 g/mol. The first-order chi connectivity index (χ1) is 16.4. The second-order valence-electron chi connectivity index (χ2n) is 9.20. The summed E-state index contributed by atoms with van der Waals surface area (Å²) >= 11 is 13.7. The Balaban J connectivity index is 1.44. The number of quaternary nitrogens is 1. The topological polar surface area (TPSA) is 65.9 Å². The number of fused-ring (bicyclic) bond motifs is 2. The van der Waals surface area contributed by atoms with E-state index in [0.717, 1.165) is 33.0 Å². The Labute approximate surface area is 221 Å². The molecule has 1 amide bonds. The number of hydroxylamine groups is 3. The van der Waals surface area contributed by atoms with E-state index in [1.807, 2.05) is 12.3 Å². The van der Waals surface area contributed by atoms with Gasteiger partial charge in [0, 0.05) is 46.3 Å². The Morgan fingerprint density at radius 2 is 1.85 bits per heavy atom. The van der Waals surface area contributed by atoms with Crippen LogP contribution >= 0.6 is 43.5 Å². The minimum absolute atomic E-state index is 0.0678. The third kappa shape index (κ3) is 4.61. The van der Waals surface area contributed by atoms with E-state index in [9.17, 15) is 10.0 Å². The molecule has 0 saturated carbocycles. The maximum atomic E-state index is 13.5. The maximum Gasteiger partial charge on any atom is 0.318 e. The Morgan fingerprint density at radius 3 is 2.59 bits per heavy atom. The second-order valence-corrected chi connectivity index (χ2v) is 11.3. The molecule has 1 saturated heterocycles. The van der Waals surface area contributed by atoms with Crippen molar-refractivity contribution in [3.05, 3.63) is 96.0 Å². The van der Waals surface area contributed by atoms with Crippen molar-refractivity contribution in [1.82, 2.24) is 9.97 Å². The van der Waals surface area contributed by atoms with Crippen molar-refractivity contribution < 1.29 is 9.44 Å². The molecule has 1 aliphatic carbocycles. The van der Waals surface area contributed by atoms with Crippen molar-refractivity contribution in [2.75, 3.05) is 13.1 Å². The summed E-state index contributed by atoms with van der Waals surface area (Å²) in [4.78, 5) is 21.8. The molecule has 0 bridgehead atoms. The molecule has 2 aromatic heterocycles. The molecule has 5 nitrogen and oxygen atoms in total. The van der Waals surface area contributed by atoms with Crippen LogP contribution in [0.3, 0.4) is 0 Å². The molecule has 0 N–H and O–H groups in total. The quantitative estimate of drug-likeness (QED) is 0.257. The summed E-state index contributed by atoms with van der Waals surface area (Å²) in [6, 6.07) is 9.81. The van der Waals surface area contributed by atoms with Gasteiger partial charge in [0.25, 0.3) is 0 Å². The van der Waals surface area contributed by atoms with Gasteiger partial charge in [-0.15, -0.1) is 0 Å². The van der Waals surface area contributed by atoms with Crippen LogP contribution in [0.25, 0.3) is 0 Å². The van der Waals surface area contributed by atoms with Gasteiger partial charge >= 0.3 is 5.91 Å². The zero-order valence-electron chi connectivity index (χ0n) is 18.5. The molecule has 34 heavy (non-hydrogen) atoms. The van der Waals surface area contributed by atoms with E-state index in [-0.39, 0.29) is 24.2 Å². The van der Waals surface area contributed by atoms with Gasteiger partial charge in [-0.2, -0.15) is 0 Å². The highest BCUT2D eigenvalue weighted by molar-refractivity contribution is 9.10. The summed E-state index contributed by atoms with van der Waals surface area (Å²) in [5.41, 5.74) is 5.58. The third-order valence-electron chi connectivity index (χ3n) is 7.23. The summed E-state index contributed by atoms with van der Waals surface area (Å²) in [5, 5.41) is 14.2. The molecule has 176 valence electrons. The molecule has 0 radical (unpaired) electrons. The average molecular weight is 606 g/mol. The predicted octanol–water partition coefficient (Wildman–Crippen LogP) is 6.38. The van der Waals surface area contributed by atoms with Gasteiger partial charge in [-0.05, 0) is 97.1 Å². The number of likely N-dealkylation sites (tertiary alicyclic amines) is 1. The Kier molecular flexibility index (Phi) is 6.93. The smallest absolute Gasteiger partial charge is 0.318 e. The molecule has 0 spiro atoms. The van der Waals surface area contributed by atoms with E-state index in [4.69, 9.17) is 16.6 Å². The number of hydrogen-bond donors (Lipinski definition) is 0. The molecule has 3 heterocycles. The highest BCUT2D eigenvalue weighted by Gasteiger charge is 2.40. The molecule has 5 rings (SSSR count). The van der Waals surface area contributed by atoms with Crippen LogP contribution in [0, 0.1) is 11.1 Å². The highest BCUT2D eigenvalue weighted by atomic mass is 79.9. The summed E-state index contributed by atoms with van der Waals surface area (Å²) in [6.45, 7) is 0.585. The lowest BCUT2D eigenvalue weighted by atomic mass is 9.76. The number of amides is 1. The Morgan fingerprint density at radius 1 is 1.12 bits per heavy atom. The lowest BCUT2D eigenvalue weighted by Crippen LogP contribution is -2.53. The third-order valence-corrected chi connectivity index (χ3v) is 9.11. The maximum absolute atomic E-state index is 13.5. The van der Waals surface area contributed by atoms with Gasteiger partial charge in [-0.3, -0.25) is 14.6 Å². The molecule has 1 aliphatic heterocycles. The molecule has 8 heteroatoms. The highest BCUT2D eigenvalue weighted by Crippen LogP contribution is 2.46. The SMILES string of the molecule is O=C(Cc1ccncc1)[N+]1([O-])CCC(C2c3ccc(Cl)c(Br)c3CCc3cc(Br)cnc32)CC1. The largest absolute Gasteiger partial charge is 0.625 e. The number of benzene rings is 1. The minimum atomic E-state index is -0.761. The van der Waals surface area contributed by atoms with Crippen molar-refractivity contribution in [3.8, 4) is 0 Å². The van der Waals surface area contributed by atoms with Crippen LogP contribution in [0.4, 0.5) is 0 Å². The van der Waals surface area contributed by atoms with Crippen molar-refractivity contribution in [1.29, 1.82) is 0 Å². The summed E-state index contributed by atoms with van der Waals surface area (Å²) in [5.74, 6) is 0.0207. The zero-order valence-corrected chi connectivity index (χ0v) is 22.4. The lowest BCUT2D eigenvalue weighted by Gasteiger charge is -2.46. The van der Waals surface area contributed by atoms with E-state index in [1.165, 1.54) is 16.7 Å². The van der Waals surface area contributed by atoms with Crippen LogP contribution in [-0.2, 0) is 24.1 Å². The molecule has 1 unspecified atom stereocenters. The summed E-state index contributed by atoms with van der Waals surface area (Å²) in [6.07, 6.45) is 8.41. The number of hydrogen-bond acceptors (Lipinski definition) is 4. The Hall–Kier alpha value is -1.64. The predicted molar refractivity (Wildman–Crippen MR) is 139 cm³/mol. The molecule has 3 aromatic rings. The van der Waals surface area contributed by atoms with Gasteiger partial charge in [-0.25, -0.2) is 4.79 Å². The van der Waals surface area contributed by atoms with Gasteiger partial charge in [-0.1, -0.05) is 17.7 Å². The second kappa shape index (κ2) is 9.78. The normalized spacial score (nSPS) is 24.1. The van der Waals surface area contributed by atoms with Crippen LogP contribution in [0.1, 0.15) is 46.7 Å². The van der Waals surface area contributed by atoms with Gasteiger partial charge in [0.05, 0.1) is 30.2 Å². The molecular formula is C26H24Br2ClN3O2. The monoisotopic (exact) mass is 603 g/mol. The number of carbonyl (C=O) groups is 1. The fraction of sp³-hybridized carbons (Fsp3) is 0.346. The van der Waals surface area contributed by atoms with Crippen LogP contribution in [0.15, 0.2) is 57.9 Å². The summed E-state index contributed by atoms with van der Waals surface area (Å²) in [7, 11) is 0. The van der Waals surface area contributed by atoms with E-state index in [2.05, 4.69) is 49.0 Å². The van der Waals surface area contributed by atoms with E-state index in [0.29, 0.717) is 31.0 Å². The summed E-state index contributed by atoms with van der Waals surface area (Å²) < 4.78 is 1.15. The van der Waals surface area contributed by atoms with Gasteiger partial charge in [0.1, 0.15) is 0 Å². The molecule has 1 atom stereocenters. The molecule has 1 aromatic carbocycles. The van der Waals surface area contributed by atoms with Crippen molar-refractivity contribution in [2.24, 2.45) is 5.92 Å². The van der Waals surface area contributed by atoms with Crippen LogP contribution in [0.5, 0.6) is 0 Å². The van der Waals surface area contributed by atoms with E-state index < -0.39 is 4.65 Å². The number of piperidine rings is 1. The van der Waals surface area contributed by atoms with E-state index >= 15 is 0 Å².